The minimum absolute atomic E-state index is 0.172. The summed E-state index contributed by atoms with van der Waals surface area (Å²) in [6.07, 6.45) is 3.05. The molecule has 0 aliphatic heterocycles. The van der Waals surface area contributed by atoms with E-state index >= 15 is 0 Å². The normalized spacial score (nSPS) is 10.1. The molecule has 0 radical (unpaired) electrons. The predicted molar refractivity (Wildman–Crippen MR) is 67.4 cm³/mol. The number of nitrogens with one attached hydrogen (secondary N) is 1. The summed E-state index contributed by atoms with van der Waals surface area (Å²) in [6.45, 7) is 4.11. The van der Waals surface area contributed by atoms with E-state index in [-0.39, 0.29) is 5.56 Å². The largest absolute Gasteiger partial charge is 0.478 e. The van der Waals surface area contributed by atoms with E-state index < -0.39 is 5.97 Å². The average molecular weight is 228 g/mol. The molecular weight excluding hydrogens is 216 g/mol. The van der Waals surface area contributed by atoms with E-state index in [9.17, 15) is 4.79 Å². The Kier molecular flexibility index (Phi) is 3.05. The number of hydrogen-bond acceptors (Lipinski definition) is 3. The molecule has 1 aromatic carbocycles. The third-order valence-corrected chi connectivity index (χ3v) is 2.43. The van der Waals surface area contributed by atoms with E-state index in [0.717, 1.165) is 10.9 Å². The maximum Gasteiger partial charge on any atom is 0.339 e. The fourth-order valence-electron chi connectivity index (χ4n) is 1.67. The molecule has 86 valence electrons. The van der Waals surface area contributed by atoms with Gasteiger partial charge in [-0.25, -0.2) is 4.79 Å². The van der Waals surface area contributed by atoms with E-state index in [1.54, 1.807) is 6.08 Å². The van der Waals surface area contributed by atoms with Crippen molar-refractivity contribution >= 4 is 22.6 Å². The Balaban J connectivity index is 2.65. The number of rotatable bonds is 4. The molecule has 2 rings (SSSR count). The Labute approximate surface area is 98.6 Å². The van der Waals surface area contributed by atoms with Crippen molar-refractivity contribution in [3.63, 3.8) is 0 Å². The summed E-state index contributed by atoms with van der Waals surface area (Å²) in [5, 5.41) is 13.0. The molecule has 17 heavy (non-hydrogen) atoms. The van der Waals surface area contributed by atoms with E-state index in [1.807, 2.05) is 24.3 Å². The predicted octanol–water partition coefficient (Wildman–Crippen LogP) is 2.53. The van der Waals surface area contributed by atoms with Crippen molar-refractivity contribution in [2.24, 2.45) is 0 Å². The summed E-state index contributed by atoms with van der Waals surface area (Å²) >= 11 is 0. The maximum atomic E-state index is 11.1. The fourth-order valence-corrected chi connectivity index (χ4v) is 1.67. The van der Waals surface area contributed by atoms with Crippen LogP contribution in [-0.2, 0) is 0 Å². The molecule has 0 saturated carbocycles. The first-order valence-electron chi connectivity index (χ1n) is 5.20. The van der Waals surface area contributed by atoms with Crippen LogP contribution in [0.1, 0.15) is 10.4 Å². The Hall–Kier alpha value is -2.36. The van der Waals surface area contributed by atoms with Crippen molar-refractivity contribution < 1.29 is 9.90 Å². The fraction of sp³-hybridized carbons (Fsp3) is 0.0769. The van der Waals surface area contributed by atoms with Gasteiger partial charge in [-0.2, -0.15) is 0 Å². The van der Waals surface area contributed by atoms with Gasteiger partial charge in [0.15, 0.2) is 0 Å². The summed E-state index contributed by atoms with van der Waals surface area (Å²) in [6, 6.07) is 7.42. The van der Waals surface area contributed by atoms with Crippen LogP contribution in [0.15, 0.2) is 43.1 Å². The maximum absolute atomic E-state index is 11.1. The number of hydrogen-bond donors (Lipinski definition) is 2. The van der Waals surface area contributed by atoms with Crippen LogP contribution >= 0.6 is 0 Å². The molecule has 0 bridgehead atoms. The van der Waals surface area contributed by atoms with Gasteiger partial charge in [-0.3, -0.25) is 4.98 Å². The molecule has 0 unspecified atom stereocenters. The molecule has 0 amide bonds. The first kappa shape index (κ1) is 11.1. The van der Waals surface area contributed by atoms with Gasteiger partial charge < -0.3 is 10.4 Å². The highest BCUT2D eigenvalue weighted by molar-refractivity contribution is 6.04. The topological polar surface area (TPSA) is 62.2 Å². The zero-order chi connectivity index (χ0) is 12.3. The van der Waals surface area contributed by atoms with Gasteiger partial charge in [0, 0.05) is 18.1 Å². The second-order valence-corrected chi connectivity index (χ2v) is 3.54. The smallest absolute Gasteiger partial charge is 0.339 e. The second kappa shape index (κ2) is 4.65. The number of aromatic carboxylic acids is 1. The lowest BCUT2D eigenvalue weighted by molar-refractivity contribution is 0.0697. The van der Waals surface area contributed by atoms with E-state index in [4.69, 9.17) is 5.11 Å². The highest BCUT2D eigenvalue weighted by Gasteiger charge is 2.13. The molecule has 4 heteroatoms. The number of aromatic nitrogens is 1. The van der Waals surface area contributed by atoms with Crippen molar-refractivity contribution in [3.8, 4) is 0 Å². The van der Waals surface area contributed by atoms with Crippen LogP contribution in [0.2, 0.25) is 0 Å². The molecule has 0 saturated heterocycles. The van der Waals surface area contributed by atoms with Gasteiger partial charge in [0.05, 0.1) is 11.2 Å². The third kappa shape index (κ3) is 2.10. The summed E-state index contributed by atoms with van der Waals surface area (Å²) < 4.78 is 0. The lowest BCUT2D eigenvalue weighted by atomic mass is 10.1. The summed E-state index contributed by atoms with van der Waals surface area (Å²) in [5.41, 5.74) is 1.53. The standard InChI is InChI=1S/C13H12N2O2/c1-2-7-14-12-9-5-3-4-6-11(9)15-8-10(12)13(16)17/h2-6,8H,1,7H2,(H,14,15)(H,16,17). The van der Waals surface area contributed by atoms with Gasteiger partial charge >= 0.3 is 5.97 Å². The Morgan fingerprint density at radius 3 is 2.94 bits per heavy atom. The Morgan fingerprint density at radius 2 is 2.24 bits per heavy atom. The van der Waals surface area contributed by atoms with Crippen molar-refractivity contribution in [1.29, 1.82) is 0 Å². The van der Waals surface area contributed by atoms with Crippen LogP contribution in [0.4, 0.5) is 5.69 Å². The number of benzene rings is 1. The van der Waals surface area contributed by atoms with E-state index in [1.165, 1.54) is 6.20 Å². The molecule has 0 fully saturated rings. The first-order chi connectivity index (χ1) is 8.24. The van der Waals surface area contributed by atoms with Crippen LogP contribution in [0.25, 0.3) is 10.9 Å². The molecule has 4 nitrogen and oxygen atoms in total. The lowest BCUT2D eigenvalue weighted by Crippen LogP contribution is -2.07. The molecule has 0 aliphatic rings. The van der Waals surface area contributed by atoms with Gasteiger partial charge in [-0.1, -0.05) is 24.3 Å². The number of carboxylic acid groups (broad SMARTS) is 1. The molecule has 1 heterocycles. The molecule has 1 aromatic heterocycles. The number of anilines is 1. The monoisotopic (exact) mass is 228 g/mol. The second-order valence-electron chi connectivity index (χ2n) is 3.54. The van der Waals surface area contributed by atoms with Crippen molar-refractivity contribution in [2.45, 2.75) is 0 Å². The summed E-state index contributed by atoms with van der Waals surface area (Å²) in [7, 11) is 0. The number of para-hydroxylation sites is 1. The van der Waals surface area contributed by atoms with Gasteiger partial charge in [0.25, 0.3) is 0 Å². The average Bonchev–Trinajstić information content (AvgIpc) is 2.35. The first-order valence-corrected chi connectivity index (χ1v) is 5.20. The minimum atomic E-state index is -0.991. The lowest BCUT2D eigenvalue weighted by Gasteiger charge is -2.10. The Morgan fingerprint density at radius 1 is 1.47 bits per heavy atom. The number of nitrogens with zero attached hydrogens (tertiary/aromatic N) is 1. The van der Waals surface area contributed by atoms with E-state index in [2.05, 4.69) is 16.9 Å². The highest BCUT2D eigenvalue weighted by atomic mass is 16.4. The molecule has 2 N–H and O–H groups in total. The molecule has 0 atom stereocenters. The number of carbonyl (C=O) groups is 1. The van der Waals surface area contributed by atoms with Gasteiger partial charge in [-0.15, -0.1) is 6.58 Å². The van der Waals surface area contributed by atoms with Crippen LogP contribution in [0, 0.1) is 0 Å². The van der Waals surface area contributed by atoms with E-state index in [0.29, 0.717) is 12.2 Å². The number of pyridine rings is 1. The minimum Gasteiger partial charge on any atom is -0.478 e. The van der Waals surface area contributed by atoms with Crippen LogP contribution in [0.5, 0.6) is 0 Å². The molecule has 0 spiro atoms. The zero-order valence-electron chi connectivity index (χ0n) is 9.18. The summed E-state index contributed by atoms with van der Waals surface area (Å²) in [5.74, 6) is -0.991. The molecular formula is C13H12N2O2. The Bertz CT molecular complexity index is 579. The van der Waals surface area contributed by atoms with Crippen LogP contribution in [-0.4, -0.2) is 22.6 Å². The van der Waals surface area contributed by atoms with Crippen molar-refractivity contribution in [2.75, 3.05) is 11.9 Å². The highest BCUT2D eigenvalue weighted by Crippen LogP contribution is 2.25. The van der Waals surface area contributed by atoms with Crippen LogP contribution < -0.4 is 5.32 Å². The van der Waals surface area contributed by atoms with Crippen molar-refractivity contribution in [1.82, 2.24) is 4.98 Å². The molecule has 2 aromatic rings. The zero-order valence-corrected chi connectivity index (χ0v) is 9.18. The third-order valence-electron chi connectivity index (χ3n) is 2.43. The SMILES string of the molecule is C=CCNc1c(C(=O)O)cnc2ccccc12. The van der Waals surface area contributed by atoms with Crippen molar-refractivity contribution in [3.05, 3.63) is 48.7 Å². The van der Waals surface area contributed by atoms with Crippen LogP contribution in [0.3, 0.4) is 0 Å². The number of carboxylic acids is 1. The molecule has 0 aliphatic carbocycles. The number of fused-ring (bicyclic) bond motifs is 1. The summed E-state index contributed by atoms with van der Waals surface area (Å²) in [4.78, 5) is 15.2. The van der Waals surface area contributed by atoms with Gasteiger partial charge in [0.2, 0.25) is 0 Å². The quantitative estimate of drug-likeness (QED) is 0.789. The van der Waals surface area contributed by atoms with Gasteiger partial charge in [-0.05, 0) is 6.07 Å². The van der Waals surface area contributed by atoms with Gasteiger partial charge in [0.1, 0.15) is 5.56 Å².